The number of carbonyl (C=O) groups is 7. The molecule has 0 saturated heterocycles. The Kier molecular flexibility index (Phi) is 37.8. The third-order valence-corrected chi connectivity index (χ3v) is 11.5. The number of nitrogens with one attached hydrogen (secondary N) is 2. The highest BCUT2D eigenvalue weighted by Gasteiger charge is 2.31. The molecule has 0 bridgehead atoms. The highest BCUT2D eigenvalue weighted by Crippen LogP contribution is 2.26. The van der Waals surface area contributed by atoms with Gasteiger partial charge in [-0.2, -0.15) is 0 Å². The Morgan fingerprint density at radius 1 is 0.595 bits per heavy atom. The summed E-state index contributed by atoms with van der Waals surface area (Å²) in [6.45, 7) is 2.89. The van der Waals surface area contributed by atoms with Crippen LogP contribution in [0.3, 0.4) is 0 Å². The van der Waals surface area contributed by atoms with Crippen molar-refractivity contribution < 1.29 is 86.7 Å². The summed E-state index contributed by atoms with van der Waals surface area (Å²) in [6, 6.07) is 27.9. The molecule has 0 heterocycles. The van der Waals surface area contributed by atoms with Gasteiger partial charge in [-0.15, -0.1) is 13.2 Å². The van der Waals surface area contributed by atoms with Gasteiger partial charge in [-0.1, -0.05) is 136 Å². The topological polar surface area (TPSA) is 306 Å². The second-order valence-corrected chi connectivity index (χ2v) is 18.6. The van der Waals surface area contributed by atoms with E-state index in [0.29, 0.717) is 30.9 Å². The standard InChI is InChI=1S/C23H36O4.C18H19NO3.C11H10N2O5.C10H9F3O4/c24-22(25)20-18-16-14-12-10-8-6-4-2-1-3-5-7-9-11-13-15-17-19-21-23(26)27;20-16(12-7-13-17(21)22)19-18(14-8-3-1-4-9-14)15-10-5-2-6-11-15;1-7-2-3-8(6-9(7)13(17)18)12-10(14)4-5-11(15)16;1-6(9(14)15)16-7-2-4-8(5-3-7)17-10(11,12)13/h4,6-21H2,(H,24,25)(H,26,27);1-6,8-11,18H,7,12-13H2,(H,19,20)(H,21,22);2-6H,1H3,(H,12,14)(H,15,16);2-6H,1H3,(H,14,15)/b;;5-4-;. The Morgan fingerprint density at radius 2 is 1.04 bits per heavy atom. The van der Waals surface area contributed by atoms with Crippen molar-refractivity contribution in [2.24, 2.45) is 0 Å². The van der Waals surface area contributed by atoms with Gasteiger partial charge in [0, 0.05) is 68.0 Å². The Balaban J connectivity index is 0.000000568. The number of alkyl halides is 3. The van der Waals surface area contributed by atoms with E-state index in [1.807, 2.05) is 60.7 Å². The van der Waals surface area contributed by atoms with Gasteiger partial charge in [-0.3, -0.25) is 34.1 Å². The van der Waals surface area contributed by atoms with Crippen molar-refractivity contribution in [3.8, 4) is 35.2 Å². The van der Waals surface area contributed by atoms with Crippen LogP contribution in [0.25, 0.3) is 0 Å². The van der Waals surface area contributed by atoms with Gasteiger partial charge < -0.3 is 45.6 Å². The summed E-state index contributed by atoms with van der Waals surface area (Å²) in [4.78, 5) is 85.3. The van der Waals surface area contributed by atoms with E-state index < -0.39 is 58.9 Å². The van der Waals surface area contributed by atoms with Gasteiger partial charge in [0.15, 0.2) is 6.10 Å². The number of rotatable bonds is 32. The maximum absolute atomic E-state index is 12.1. The van der Waals surface area contributed by atoms with Crippen molar-refractivity contribution in [2.45, 2.75) is 161 Å². The maximum atomic E-state index is 12.1. The summed E-state index contributed by atoms with van der Waals surface area (Å²) in [5.41, 5.74) is 2.59. The minimum Gasteiger partial charge on any atom is -0.481 e. The summed E-state index contributed by atoms with van der Waals surface area (Å²) < 4.78 is 44.0. The van der Waals surface area contributed by atoms with E-state index in [4.69, 9.17) is 30.3 Å². The number of nitrogens with zero attached hydrogens (tertiary/aromatic N) is 1. The zero-order chi connectivity index (χ0) is 62.5. The molecule has 19 nitrogen and oxygen atoms in total. The van der Waals surface area contributed by atoms with Crippen LogP contribution in [0.2, 0.25) is 0 Å². The van der Waals surface area contributed by atoms with Gasteiger partial charge >= 0.3 is 36.2 Å². The molecule has 0 aliphatic heterocycles. The highest BCUT2D eigenvalue weighted by atomic mass is 19.4. The van der Waals surface area contributed by atoms with Gasteiger partial charge in [-0.05, 0) is 99.3 Å². The molecule has 0 saturated carbocycles. The molecule has 4 rings (SSSR count). The Morgan fingerprint density at radius 3 is 1.46 bits per heavy atom. The summed E-state index contributed by atoms with van der Waals surface area (Å²) >= 11 is 0. The normalized spacial score (nSPS) is 10.7. The minimum atomic E-state index is -4.75. The van der Waals surface area contributed by atoms with Gasteiger partial charge in [0.05, 0.1) is 11.0 Å². The number of nitro groups is 1. The molecule has 2 amide bonds. The first-order valence-corrected chi connectivity index (χ1v) is 27.2. The fourth-order valence-corrected chi connectivity index (χ4v) is 7.26. The Labute approximate surface area is 486 Å². The lowest BCUT2D eigenvalue weighted by Crippen LogP contribution is -2.29. The van der Waals surface area contributed by atoms with E-state index in [1.54, 1.807) is 6.92 Å². The predicted octanol–water partition coefficient (Wildman–Crippen LogP) is 12.9. The lowest BCUT2D eigenvalue weighted by atomic mass is 9.98. The number of unbranched alkanes of at least 4 members (excludes halogenated alkanes) is 13. The van der Waals surface area contributed by atoms with Crippen LogP contribution in [0, 0.1) is 40.7 Å². The predicted molar refractivity (Wildman–Crippen MR) is 308 cm³/mol. The molecule has 4 aromatic carbocycles. The number of hydrogen-bond donors (Lipinski definition) is 7. The van der Waals surface area contributed by atoms with Crippen molar-refractivity contribution in [3.05, 3.63) is 142 Å². The summed E-state index contributed by atoms with van der Waals surface area (Å²) in [5.74, 6) is 6.30. The Hall–Kier alpha value is -9.18. The first-order chi connectivity index (χ1) is 40.0. The number of carbonyl (C=O) groups excluding carboxylic acids is 2. The summed E-state index contributed by atoms with van der Waals surface area (Å²) in [7, 11) is 0. The van der Waals surface area contributed by atoms with Gasteiger partial charge in [0.2, 0.25) is 11.8 Å². The molecular weight excluding hydrogens is 1100 g/mol. The fourth-order valence-electron chi connectivity index (χ4n) is 7.26. The number of halogens is 3. The summed E-state index contributed by atoms with van der Waals surface area (Å²) in [6.07, 6.45) is 12.6. The lowest BCUT2D eigenvalue weighted by molar-refractivity contribution is -0.385. The van der Waals surface area contributed by atoms with E-state index in [2.05, 4.69) is 39.1 Å². The molecule has 1 atom stereocenters. The lowest BCUT2D eigenvalue weighted by Gasteiger charge is -2.20. The molecule has 0 radical (unpaired) electrons. The fraction of sp³-hybridized carbons (Fsp3) is 0.403. The average Bonchev–Trinajstić information content (AvgIpc) is 3.38. The molecule has 0 aliphatic carbocycles. The third kappa shape index (κ3) is 39.3. The number of aryl methyl sites for hydroxylation is 1. The van der Waals surface area contributed by atoms with Crippen molar-refractivity contribution >= 4 is 53.0 Å². The van der Waals surface area contributed by atoms with Crippen LogP contribution >= 0.6 is 0 Å². The van der Waals surface area contributed by atoms with Crippen LogP contribution in [-0.4, -0.2) is 84.6 Å². The monoisotopic (exact) mass is 1170 g/mol. The molecule has 4 aromatic rings. The van der Waals surface area contributed by atoms with Crippen LogP contribution in [0.5, 0.6) is 11.5 Å². The molecular formula is C62H74F3N3O16. The molecule has 7 N–H and O–H groups in total. The van der Waals surface area contributed by atoms with Crippen LogP contribution in [-0.2, 0) is 33.6 Å². The second-order valence-electron chi connectivity index (χ2n) is 18.6. The molecule has 1 unspecified atom stereocenters. The SMILES string of the molecule is CC(Oc1ccc(OC(F)(F)F)cc1)C(=O)O.Cc1ccc(NC(=O)/C=C\C(=O)O)cc1[N+](=O)[O-].O=C(O)CCCC(=O)NC(c1ccccc1)c1ccccc1.O=C(O)CCCCCCCCC#CC#CCCCCCCCCCC(=O)O. The van der Waals surface area contributed by atoms with Gasteiger partial charge in [-0.25, -0.2) is 9.59 Å². The molecule has 0 aliphatic rings. The first-order valence-electron chi connectivity index (χ1n) is 27.2. The zero-order valence-electron chi connectivity index (χ0n) is 47.1. The van der Waals surface area contributed by atoms with E-state index in [-0.39, 0.29) is 41.9 Å². The molecule has 454 valence electrons. The van der Waals surface area contributed by atoms with Gasteiger partial charge in [0.25, 0.3) is 5.69 Å². The average molecular weight is 1170 g/mol. The van der Waals surface area contributed by atoms with E-state index in [0.717, 1.165) is 106 Å². The van der Waals surface area contributed by atoms with Gasteiger partial charge in [0.1, 0.15) is 11.5 Å². The molecule has 22 heteroatoms. The minimum absolute atomic E-state index is 0.00869. The number of nitro benzene ring substituents is 1. The number of hydrogen-bond acceptors (Lipinski definition) is 11. The largest absolute Gasteiger partial charge is 0.573 e. The van der Waals surface area contributed by atoms with Crippen LogP contribution in [0.15, 0.2) is 115 Å². The quantitative estimate of drug-likeness (QED) is 0.00786. The number of anilines is 1. The van der Waals surface area contributed by atoms with Crippen molar-refractivity contribution in [2.75, 3.05) is 5.32 Å². The van der Waals surface area contributed by atoms with E-state index >= 15 is 0 Å². The number of amides is 2. The Bertz CT molecular complexity index is 2770. The second kappa shape index (κ2) is 43.5. The summed E-state index contributed by atoms with van der Waals surface area (Å²) in [5, 5.41) is 58.6. The molecule has 84 heavy (non-hydrogen) atoms. The highest BCUT2D eigenvalue weighted by molar-refractivity contribution is 6.02. The van der Waals surface area contributed by atoms with Crippen molar-refractivity contribution in [1.29, 1.82) is 0 Å². The van der Waals surface area contributed by atoms with Crippen LogP contribution in [0.1, 0.15) is 158 Å². The van der Waals surface area contributed by atoms with E-state index in [1.165, 1.54) is 56.5 Å². The number of benzene rings is 4. The van der Waals surface area contributed by atoms with E-state index in [9.17, 15) is 56.8 Å². The number of ether oxygens (including phenoxy) is 2. The van der Waals surface area contributed by atoms with Crippen LogP contribution < -0.4 is 20.1 Å². The van der Waals surface area contributed by atoms with Crippen molar-refractivity contribution in [1.82, 2.24) is 5.32 Å². The molecule has 0 fully saturated rings. The van der Waals surface area contributed by atoms with Crippen molar-refractivity contribution in [3.63, 3.8) is 0 Å². The smallest absolute Gasteiger partial charge is 0.481 e. The zero-order valence-corrected chi connectivity index (χ0v) is 47.1. The number of carboxylic acids is 5. The number of aliphatic carboxylic acids is 5. The maximum Gasteiger partial charge on any atom is 0.573 e. The number of carboxylic acid groups (broad SMARTS) is 5. The van der Waals surface area contributed by atoms with Crippen LogP contribution in [0.4, 0.5) is 24.5 Å². The third-order valence-electron chi connectivity index (χ3n) is 11.5. The molecule has 0 aromatic heterocycles. The molecule has 0 spiro atoms. The first kappa shape index (κ1) is 72.8.